The number of benzene rings is 1. The summed E-state index contributed by atoms with van der Waals surface area (Å²) in [7, 11) is 1.22. The summed E-state index contributed by atoms with van der Waals surface area (Å²) in [4.78, 5) is 48.5. The summed E-state index contributed by atoms with van der Waals surface area (Å²) in [6.45, 7) is 1.33. The zero-order chi connectivity index (χ0) is 17.7. The van der Waals surface area contributed by atoms with Gasteiger partial charge in [0.15, 0.2) is 0 Å². The van der Waals surface area contributed by atoms with Crippen molar-refractivity contribution in [2.75, 3.05) is 33.3 Å². The lowest BCUT2D eigenvalue weighted by molar-refractivity contribution is -0.384. The molecule has 0 atom stereocenters. The summed E-state index contributed by atoms with van der Waals surface area (Å²) in [6.07, 6.45) is -0.313. The molecule has 0 saturated carbocycles. The zero-order valence-electron chi connectivity index (χ0n) is 13.1. The Balaban J connectivity index is 1.91. The van der Waals surface area contributed by atoms with Gasteiger partial charge in [0.2, 0.25) is 5.91 Å². The van der Waals surface area contributed by atoms with Crippen LogP contribution in [0.25, 0.3) is 0 Å². The first kappa shape index (κ1) is 17.4. The molecule has 0 bridgehead atoms. The fourth-order valence-electron chi connectivity index (χ4n) is 2.37. The lowest BCUT2D eigenvalue weighted by Crippen LogP contribution is -2.50. The van der Waals surface area contributed by atoms with Crippen LogP contribution >= 0.6 is 0 Å². The van der Waals surface area contributed by atoms with Crippen molar-refractivity contribution >= 4 is 23.5 Å². The van der Waals surface area contributed by atoms with Gasteiger partial charge < -0.3 is 14.5 Å². The Hall–Kier alpha value is -2.97. The van der Waals surface area contributed by atoms with E-state index in [1.807, 2.05) is 0 Å². The fourth-order valence-corrected chi connectivity index (χ4v) is 2.37. The number of esters is 1. The Kier molecular flexibility index (Phi) is 5.46. The molecule has 0 N–H and O–H groups in total. The average Bonchev–Trinajstić information content (AvgIpc) is 2.61. The van der Waals surface area contributed by atoms with Crippen LogP contribution in [-0.4, -0.2) is 65.8 Å². The van der Waals surface area contributed by atoms with Gasteiger partial charge in [-0.25, -0.2) is 0 Å². The summed E-state index contributed by atoms with van der Waals surface area (Å²) in [5.41, 5.74) is 0.278. The van der Waals surface area contributed by atoms with Gasteiger partial charge in [0.1, 0.15) is 6.42 Å². The number of amides is 2. The average molecular weight is 335 g/mol. The summed E-state index contributed by atoms with van der Waals surface area (Å²) < 4.78 is 4.46. The highest BCUT2D eigenvalue weighted by Crippen LogP contribution is 2.15. The maximum atomic E-state index is 12.4. The number of carbonyl (C=O) groups excluding carboxylic acids is 3. The van der Waals surface area contributed by atoms with Gasteiger partial charge in [-0.15, -0.1) is 0 Å². The molecule has 1 heterocycles. The number of hydrogen-bond donors (Lipinski definition) is 0. The maximum absolute atomic E-state index is 12.4. The summed E-state index contributed by atoms with van der Waals surface area (Å²) in [5.74, 6) is -1.17. The zero-order valence-corrected chi connectivity index (χ0v) is 13.1. The van der Waals surface area contributed by atoms with E-state index in [2.05, 4.69) is 4.74 Å². The largest absolute Gasteiger partial charge is 0.469 e. The van der Waals surface area contributed by atoms with Crippen molar-refractivity contribution in [1.82, 2.24) is 9.80 Å². The molecule has 9 nitrogen and oxygen atoms in total. The van der Waals surface area contributed by atoms with Crippen LogP contribution in [0.1, 0.15) is 16.8 Å². The van der Waals surface area contributed by atoms with Gasteiger partial charge in [0.05, 0.1) is 12.0 Å². The molecule has 1 fully saturated rings. The van der Waals surface area contributed by atoms with E-state index in [-0.39, 0.29) is 23.9 Å². The molecular formula is C15H17N3O6. The van der Waals surface area contributed by atoms with Gasteiger partial charge in [0, 0.05) is 43.9 Å². The van der Waals surface area contributed by atoms with Crippen molar-refractivity contribution < 1.29 is 24.0 Å². The number of non-ortho nitro benzene ring substituents is 1. The van der Waals surface area contributed by atoms with Gasteiger partial charge in [-0.05, 0) is 12.1 Å². The molecule has 2 rings (SSSR count). The van der Waals surface area contributed by atoms with Crippen LogP contribution in [-0.2, 0) is 14.3 Å². The molecule has 0 spiro atoms. The molecule has 9 heteroatoms. The highest BCUT2D eigenvalue weighted by atomic mass is 16.6. The van der Waals surface area contributed by atoms with E-state index in [1.165, 1.54) is 36.3 Å². The number of ether oxygens (including phenoxy) is 1. The number of hydrogen-bond acceptors (Lipinski definition) is 6. The second kappa shape index (κ2) is 7.53. The molecule has 1 aromatic carbocycles. The molecular weight excluding hydrogens is 318 g/mol. The van der Waals surface area contributed by atoms with Gasteiger partial charge >= 0.3 is 5.97 Å². The number of piperazine rings is 1. The molecule has 1 saturated heterocycles. The lowest BCUT2D eigenvalue weighted by Gasteiger charge is -2.34. The molecule has 0 unspecified atom stereocenters. The number of nitro benzene ring substituents is 1. The van der Waals surface area contributed by atoms with Crippen LogP contribution in [0.15, 0.2) is 24.3 Å². The van der Waals surface area contributed by atoms with Crippen molar-refractivity contribution in [3.63, 3.8) is 0 Å². The highest BCUT2D eigenvalue weighted by molar-refractivity contribution is 5.95. The Bertz CT molecular complexity index is 650. The second-order valence-electron chi connectivity index (χ2n) is 5.23. The molecule has 2 amide bonds. The van der Waals surface area contributed by atoms with Crippen LogP contribution in [0.4, 0.5) is 5.69 Å². The minimum absolute atomic E-state index is 0.0789. The minimum atomic E-state index is -0.593. The Morgan fingerprint density at radius 1 is 1.08 bits per heavy atom. The normalized spacial score (nSPS) is 14.2. The standard InChI is InChI=1S/C15H17N3O6/c1-24-14(20)10-13(19)16-6-8-17(9-7-16)15(21)11-2-4-12(5-3-11)18(22)23/h2-5H,6-10H2,1H3. The van der Waals surface area contributed by atoms with E-state index in [9.17, 15) is 24.5 Å². The van der Waals surface area contributed by atoms with Crippen molar-refractivity contribution in [2.24, 2.45) is 0 Å². The third kappa shape index (κ3) is 4.06. The number of nitrogens with zero attached hydrogens (tertiary/aromatic N) is 3. The first-order valence-electron chi connectivity index (χ1n) is 7.30. The monoisotopic (exact) mass is 335 g/mol. The quantitative estimate of drug-likeness (QED) is 0.342. The van der Waals surface area contributed by atoms with Crippen molar-refractivity contribution in [3.05, 3.63) is 39.9 Å². The Morgan fingerprint density at radius 2 is 1.62 bits per heavy atom. The van der Waals surface area contributed by atoms with E-state index in [4.69, 9.17) is 0 Å². The molecule has 24 heavy (non-hydrogen) atoms. The summed E-state index contributed by atoms with van der Waals surface area (Å²) in [5, 5.41) is 10.6. The van der Waals surface area contributed by atoms with Gasteiger partial charge in [-0.3, -0.25) is 24.5 Å². The van der Waals surface area contributed by atoms with Crippen LogP contribution in [0.3, 0.4) is 0 Å². The van der Waals surface area contributed by atoms with E-state index in [0.29, 0.717) is 31.7 Å². The Labute approximate surface area is 137 Å². The predicted molar refractivity (Wildman–Crippen MR) is 82.2 cm³/mol. The first-order chi connectivity index (χ1) is 11.4. The lowest BCUT2D eigenvalue weighted by atomic mass is 10.1. The molecule has 0 radical (unpaired) electrons. The second-order valence-corrected chi connectivity index (χ2v) is 5.23. The Morgan fingerprint density at radius 3 is 2.12 bits per heavy atom. The SMILES string of the molecule is COC(=O)CC(=O)N1CCN(C(=O)c2ccc([N+](=O)[O-])cc2)CC1. The first-order valence-corrected chi connectivity index (χ1v) is 7.30. The van der Waals surface area contributed by atoms with E-state index < -0.39 is 10.9 Å². The number of methoxy groups -OCH3 is 1. The molecule has 0 aliphatic carbocycles. The third-order valence-electron chi connectivity index (χ3n) is 3.77. The molecule has 1 aliphatic rings. The van der Waals surface area contributed by atoms with E-state index in [0.717, 1.165) is 0 Å². The van der Waals surface area contributed by atoms with Gasteiger partial charge in [0.25, 0.3) is 11.6 Å². The summed E-state index contributed by atoms with van der Waals surface area (Å²) >= 11 is 0. The van der Waals surface area contributed by atoms with E-state index in [1.54, 1.807) is 4.90 Å². The van der Waals surface area contributed by atoms with Crippen molar-refractivity contribution in [3.8, 4) is 0 Å². The van der Waals surface area contributed by atoms with Crippen LogP contribution in [0, 0.1) is 10.1 Å². The van der Waals surface area contributed by atoms with Crippen LogP contribution < -0.4 is 0 Å². The fraction of sp³-hybridized carbons (Fsp3) is 0.400. The minimum Gasteiger partial charge on any atom is -0.469 e. The van der Waals surface area contributed by atoms with Crippen molar-refractivity contribution in [2.45, 2.75) is 6.42 Å². The van der Waals surface area contributed by atoms with Crippen molar-refractivity contribution in [1.29, 1.82) is 0 Å². The van der Waals surface area contributed by atoms with Gasteiger partial charge in [-0.1, -0.05) is 0 Å². The smallest absolute Gasteiger partial charge is 0.315 e. The number of carbonyl (C=O) groups is 3. The number of rotatable bonds is 4. The molecule has 0 aromatic heterocycles. The van der Waals surface area contributed by atoms with Crippen LogP contribution in [0.5, 0.6) is 0 Å². The summed E-state index contributed by atoms with van der Waals surface area (Å²) in [6, 6.07) is 5.39. The molecule has 1 aromatic rings. The maximum Gasteiger partial charge on any atom is 0.315 e. The predicted octanol–water partition coefficient (Wildman–Crippen LogP) is 0.442. The van der Waals surface area contributed by atoms with Gasteiger partial charge in [-0.2, -0.15) is 0 Å². The molecule has 128 valence electrons. The topological polar surface area (TPSA) is 110 Å². The van der Waals surface area contributed by atoms with Crippen LogP contribution in [0.2, 0.25) is 0 Å². The third-order valence-corrected chi connectivity index (χ3v) is 3.77. The van der Waals surface area contributed by atoms with E-state index >= 15 is 0 Å². The molecule has 1 aliphatic heterocycles. The number of nitro groups is 1. The highest BCUT2D eigenvalue weighted by Gasteiger charge is 2.26.